The molecular weight excluding hydrogens is 435 g/mol. The van der Waals surface area contributed by atoms with Crippen LogP contribution in [0.4, 0.5) is 26.2 Å². The molecule has 1 atom stereocenters. The second kappa shape index (κ2) is 8.86. The highest BCUT2D eigenvalue weighted by atomic mass is 35.5. The lowest BCUT2D eigenvalue weighted by Crippen LogP contribution is -2.56. The number of likely N-dealkylation sites (tertiary alicyclic amines) is 1. The summed E-state index contributed by atoms with van der Waals surface area (Å²) in [7, 11) is 0. The molecule has 0 saturated carbocycles. The molecule has 0 bridgehead atoms. The first-order chi connectivity index (χ1) is 15.5. The van der Waals surface area contributed by atoms with Crippen molar-refractivity contribution in [1.82, 2.24) is 4.90 Å². The molecule has 2 amide bonds. The van der Waals surface area contributed by atoms with Gasteiger partial charge in [-0.1, -0.05) is 23.7 Å². The fourth-order valence-electron chi connectivity index (χ4n) is 4.69. The van der Waals surface area contributed by atoms with Crippen LogP contribution in [0.1, 0.15) is 12.8 Å². The minimum Gasteiger partial charge on any atom is -0.381 e. The minimum atomic E-state index is -0.520. The quantitative estimate of drug-likeness (QED) is 0.720. The summed E-state index contributed by atoms with van der Waals surface area (Å²) in [6.07, 6.45) is 1.65. The van der Waals surface area contributed by atoms with Crippen LogP contribution in [0.5, 0.6) is 0 Å². The van der Waals surface area contributed by atoms with Gasteiger partial charge in [0.15, 0.2) is 5.79 Å². The Labute approximate surface area is 191 Å². The van der Waals surface area contributed by atoms with Gasteiger partial charge in [-0.05, 0) is 30.3 Å². The van der Waals surface area contributed by atoms with Crippen molar-refractivity contribution in [1.29, 1.82) is 0 Å². The number of hydrogen-bond donors (Lipinski definition) is 2. The molecule has 0 radical (unpaired) electrons. The number of fused-ring (bicyclic) bond motifs is 1. The number of piperidine rings is 1. The van der Waals surface area contributed by atoms with E-state index in [1.165, 1.54) is 18.2 Å². The minimum absolute atomic E-state index is 0.0290. The van der Waals surface area contributed by atoms with Crippen LogP contribution in [-0.4, -0.2) is 62.2 Å². The molecule has 5 rings (SSSR count). The summed E-state index contributed by atoms with van der Waals surface area (Å²) in [6.45, 7) is 4.36. The van der Waals surface area contributed by atoms with Crippen LogP contribution in [-0.2, 0) is 9.47 Å². The zero-order valence-electron chi connectivity index (χ0n) is 17.7. The number of anilines is 3. The van der Waals surface area contributed by atoms with Crippen molar-refractivity contribution >= 4 is 34.7 Å². The first-order valence-electron chi connectivity index (χ1n) is 10.9. The van der Waals surface area contributed by atoms with Gasteiger partial charge in [0, 0.05) is 44.7 Å². The largest absolute Gasteiger partial charge is 0.381 e. The number of benzene rings is 2. The van der Waals surface area contributed by atoms with Gasteiger partial charge < -0.3 is 25.0 Å². The lowest BCUT2D eigenvalue weighted by atomic mass is 10.0. The molecule has 9 heteroatoms. The first kappa shape index (κ1) is 21.5. The molecule has 1 unspecified atom stereocenters. The lowest BCUT2D eigenvalue weighted by molar-refractivity contribution is -0.185. The molecular formula is C23H26ClFN4O3. The van der Waals surface area contributed by atoms with E-state index < -0.39 is 11.6 Å². The van der Waals surface area contributed by atoms with Crippen molar-refractivity contribution in [3.63, 3.8) is 0 Å². The molecule has 2 aromatic rings. The van der Waals surface area contributed by atoms with Crippen molar-refractivity contribution in [3.05, 3.63) is 53.3 Å². The van der Waals surface area contributed by atoms with E-state index in [2.05, 4.69) is 15.5 Å². The Morgan fingerprint density at radius 1 is 1.19 bits per heavy atom. The Bertz CT molecular complexity index is 991. The zero-order valence-corrected chi connectivity index (χ0v) is 18.4. The number of nitrogens with one attached hydrogen (secondary N) is 2. The molecule has 1 spiro atoms. The number of para-hydroxylation sites is 2. The predicted octanol–water partition coefficient (Wildman–Crippen LogP) is 4.15. The smallest absolute Gasteiger partial charge is 0.326 e. The summed E-state index contributed by atoms with van der Waals surface area (Å²) in [5.41, 5.74) is 2.17. The van der Waals surface area contributed by atoms with Gasteiger partial charge in [0.05, 0.1) is 35.7 Å². The number of urea groups is 1. The number of halogens is 2. The third-order valence-electron chi connectivity index (χ3n) is 6.35. The molecule has 3 heterocycles. The summed E-state index contributed by atoms with van der Waals surface area (Å²) in [5.74, 6) is -0.944. The Morgan fingerprint density at radius 3 is 2.69 bits per heavy atom. The van der Waals surface area contributed by atoms with Gasteiger partial charge in [0.25, 0.3) is 0 Å². The van der Waals surface area contributed by atoms with E-state index in [0.717, 1.165) is 43.9 Å². The third-order valence-corrected chi connectivity index (χ3v) is 6.64. The van der Waals surface area contributed by atoms with Crippen LogP contribution in [0.2, 0.25) is 5.02 Å². The van der Waals surface area contributed by atoms with Crippen molar-refractivity contribution in [2.45, 2.75) is 24.7 Å². The second-order valence-electron chi connectivity index (χ2n) is 8.39. The van der Waals surface area contributed by atoms with E-state index in [4.69, 9.17) is 21.1 Å². The van der Waals surface area contributed by atoms with Gasteiger partial charge in [-0.2, -0.15) is 0 Å². The van der Waals surface area contributed by atoms with Crippen molar-refractivity contribution < 1.29 is 18.7 Å². The highest BCUT2D eigenvalue weighted by molar-refractivity contribution is 6.31. The SMILES string of the molecule is O=C(Nc1ccc(F)c(Cl)c1)N1c2ccccc2NCC1CN1CCC2(CC1)OCCO2. The van der Waals surface area contributed by atoms with E-state index in [1.807, 2.05) is 24.3 Å². The number of ether oxygens (including phenoxy) is 2. The van der Waals surface area contributed by atoms with E-state index in [9.17, 15) is 9.18 Å². The highest BCUT2D eigenvalue weighted by Gasteiger charge is 2.41. The Kier molecular flexibility index (Phi) is 5.94. The predicted molar refractivity (Wildman–Crippen MR) is 122 cm³/mol. The van der Waals surface area contributed by atoms with Crippen molar-refractivity contribution in [3.8, 4) is 0 Å². The third kappa shape index (κ3) is 4.28. The standard InChI is InChI=1S/C23H26ClFN4O3/c24-18-13-16(5-6-19(18)25)27-22(30)29-17(14-26-20-3-1-2-4-21(20)29)15-28-9-7-23(8-10-28)31-11-12-32-23/h1-6,13,17,26H,7-12,14-15H2,(H,27,30). The molecule has 7 nitrogen and oxygen atoms in total. The van der Waals surface area contributed by atoms with Gasteiger partial charge in [0.2, 0.25) is 0 Å². The molecule has 32 heavy (non-hydrogen) atoms. The van der Waals surface area contributed by atoms with Gasteiger partial charge >= 0.3 is 6.03 Å². The number of carbonyl (C=O) groups is 1. The number of nitrogens with zero attached hydrogens (tertiary/aromatic N) is 2. The van der Waals surface area contributed by atoms with Crippen LogP contribution in [0.15, 0.2) is 42.5 Å². The maximum atomic E-state index is 13.5. The normalized spacial score (nSPS) is 22.4. The van der Waals surface area contributed by atoms with Gasteiger partial charge in [-0.3, -0.25) is 4.90 Å². The number of carbonyl (C=O) groups excluding carboxylic acids is 1. The van der Waals surface area contributed by atoms with Gasteiger partial charge in [-0.15, -0.1) is 0 Å². The van der Waals surface area contributed by atoms with Crippen molar-refractivity contribution in [2.24, 2.45) is 0 Å². The molecule has 3 aliphatic heterocycles. The van der Waals surface area contributed by atoms with Crippen LogP contribution < -0.4 is 15.5 Å². The molecule has 2 fully saturated rings. The summed E-state index contributed by atoms with van der Waals surface area (Å²) < 4.78 is 25.2. The molecule has 2 saturated heterocycles. The van der Waals surface area contributed by atoms with Crippen molar-refractivity contribution in [2.75, 3.05) is 54.9 Å². The lowest BCUT2D eigenvalue weighted by Gasteiger charge is -2.43. The Hall–Kier alpha value is -2.39. The molecule has 2 aromatic carbocycles. The van der Waals surface area contributed by atoms with Crippen LogP contribution >= 0.6 is 11.6 Å². The van der Waals surface area contributed by atoms with Crippen LogP contribution in [0, 0.1) is 5.82 Å². The molecule has 0 aliphatic carbocycles. The van der Waals surface area contributed by atoms with E-state index in [0.29, 0.717) is 25.4 Å². The summed E-state index contributed by atoms with van der Waals surface area (Å²) in [5, 5.41) is 6.30. The number of rotatable bonds is 3. The maximum absolute atomic E-state index is 13.5. The zero-order chi connectivity index (χ0) is 22.1. The Balaban J connectivity index is 1.33. The van der Waals surface area contributed by atoms with E-state index in [-0.39, 0.29) is 17.1 Å². The van der Waals surface area contributed by atoms with Crippen LogP contribution in [0.3, 0.4) is 0 Å². The summed E-state index contributed by atoms with van der Waals surface area (Å²) in [6, 6.07) is 11.6. The average Bonchev–Trinajstić information content (AvgIpc) is 3.26. The fraction of sp³-hybridized carbons (Fsp3) is 0.435. The Morgan fingerprint density at radius 2 is 1.94 bits per heavy atom. The van der Waals surface area contributed by atoms with Crippen LogP contribution in [0.25, 0.3) is 0 Å². The van der Waals surface area contributed by atoms with E-state index in [1.54, 1.807) is 4.90 Å². The molecule has 170 valence electrons. The molecule has 0 aromatic heterocycles. The second-order valence-corrected chi connectivity index (χ2v) is 8.80. The van der Waals surface area contributed by atoms with Gasteiger partial charge in [0.1, 0.15) is 5.82 Å². The first-order valence-corrected chi connectivity index (χ1v) is 11.3. The number of hydrogen-bond acceptors (Lipinski definition) is 5. The summed E-state index contributed by atoms with van der Waals surface area (Å²) >= 11 is 5.90. The highest BCUT2D eigenvalue weighted by Crippen LogP contribution is 2.34. The fourth-order valence-corrected chi connectivity index (χ4v) is 4.87. The monoisotopic (exact) mass is 460 g/mol. The molecule has 3 aliphatic rings. The van der Waals surface area contributed by atoms with E-state index >= 15 is 0 Å². The number of amides is 2. The average molecular weight is 461 g/mol. The van der Waals surface area contributed by atoms with Gasteiger partial charge in [-0.25, -0.2) is 9.18 Å². The summed E-state index contributed by atoms with van der Waals surface area (Å²) in [4.78, 5) is 17.5. The molecule has 2 N–H and O–H groups in total. The maximum Gasteiger partial charge on any atom is 0.326 e. The topological polar surface area (TPSA) is 66.1 Å².